The minimum Gasteiger partial charge on any atom is -0.322 e. The molecule has 2 heterocycles. The topological polar surface area (TPSA) is 43.3 Å². The van der Waals surface area contributed by atoms with Gasteiger partial charge in [0, 0.05) is 12.2 Å². The lowest BCUT2D eigenvalue weighted by molar-refractivity contribution is 0.498. The average molecular weight is 203 g/mol. The molecule has 0 aliphatic heterocycles. The first-order valence-electron chi connectivity index (χ1n) is 5.30. The Kier molecular flexibility index (Phi) is 2.49. The van der Waals surface area contributed by atoms with Crippen LogP contribution in [-0.4, -0.2) is 9.38 Å². The Morgan fingerprint density at radius 3 is 2.73 bits per heavy atom. The highest BCUT2D eigenvalue weighted by atomic mass is 15.0. The quantitative estimate of drug-likeness (QED) is 0.813. The molecular formula is C12H17N3. The predicted molar refractivity (Wildman–Crippen MR) is 61.7 cm³/mol. The molecule has 1 atom stereocenters. The van der Waals surface area contributed by atoms with Crippen molar-refractivity contribution in [2.24, 2.45) is 11.7 Å². The van der Waals surface area contributed by atoms with E-state index in [1.165, 1.54) is 0 Å². The highest BCUT2D eigenvalue weighted by Crippen LogP contribution is 2.23. The third-order valence-corrected chi connectivity index (χ3v) is 2.78. The Bertz CT molecular complexity index is 471. The monoisotopic (exact) mass is 203 g/mol. The molecule has 2 aromatic heterocycles. The highest BCUT2D eigenvalue weighted by molar-refractivity contribution is 5.43. The molecule has 15 heavy (non-hydrogen) atoms. The van der Waals surface area contributed by atoms with Crippen molar-refractivity contribution in [2.45, 2.75) is 26.8 Å². The number of rotatable bonds is 2. The number of imidazole rings is 1. The molecule has 0 saturated heterocycles. The van der Waals surface area contributed by atoms with Gasteiger partial charge in [0.15, 0.2) is 0 Å². The molecule has 0 amide bonds. The SMILES string of the molecule is Cc1nc2ccccn2c1C(N)C(C)C. The van der Waals surface area contributed by atoms with E-state index in [0.29, 0.717) is 5.92 Å². The van der Waals surface area contributed by atoms with E-state index >= 15 is 0 Å². The van der Waals surface area contributed by atoms with Gasteiger partial charge in [-0.3, -0.25) is 0 Å². The van der Waals surface area contributed by atoms with E-state index in [1.807, 2.05) is 31.3 Å². The number of nitrogens with two attached hydrogens (primary N) is 1. The fourth-order valence-electron chi connectivity index (χ4n) is 1.85. The Morgan fingerprint density at radius 2 is 2.07 bits per heavy atom. The molecule has 0 aliphatic carbocycles. The summed E-state index contributed by atoms with van der Waals surface area (Å²) in [5.74, 6) is 0.420. The minimum absolute atomic E-state index is 0.0439. The van der Waals surface area contributed by atoms with Crippen molar-refractivity contribution in [3.63, 3.8) is 0 Å². The lowest BCUT2D eigenvalue weighted by Gasteiger charge is -2.16. The maximum Gasteiger partial charge on any atom is 0.137 e. The summed E-state index contributed by atoms with van der Waals surface area (Å²) in [5.41, 5.74) is 9.32. The second kappa shape index (κ2) is 3.66. The molecular weight excluding hydrogens is 186 g/mol. The van der Waals surface area contributed by atoms with Crippen LogP contribution in [0.1, 0.15) is 31.3 Å². The first-order valence-corrected chi connectivity index (χ1v) is 5.30. The summed E-state index contributed by atoms with van der Waals surface area (Å²) in [6, 6.07) is 6.04. The van der Waals surface area contributed by atoms with Crippen LogP contribution in [0, 0.1) is 12.8 Å². The van der Waals surface area contributed by atoms with E-state index in [0.717, 1.165) is 17.0 Å². The fourth-order valence-corrected chi connectivity index (χ4v) is 1.85. The van der Waals surface area contributed by atoms with E-state index in [9.17, 15) is 0 Å². The Morgan fingerprint density at radius 1 is 1.33 bits per heavy atom. The van der Waals surface area contributed by atoms with Crippen LogP contribution in [-0.2, 0) is 0 Å². The molecule has 0 aromatic carbocycles. The number of aromatic nitrogens is 2. The van der Waals surface area contributed by atoms with Crippen LogP contribution in [0.4, 0.5) is 0 Å². The van der Waals surface area contributed by atoms with Crippen LogP contribution in [0.25, 0.3) is 5.65 Å². The van der Waals surface area contributed by atoms with Gasteiger partial charge in [0.1, 0.15) is 5.65 Å². The molecule has 0 saturated carbocycles. The molecule has 0 aliphatic rings. The first-order chi connectivity index (χ1) is 7.11. The van der Waals surface area contributed by atoms with Gasteiger partial charge in [0.05, 0.1) is 11.4 Å². The third kappa shape index (κ3) is 1.63. The number of fused-ring (bicyclic) bond motifs is 1. The van der Waals surface area contributed by atoms with Gasteiger partial charge in [-0.1, -0.05) is 19.9 Å². The molecule has 3 nitrogen and oxygen atoms in total. The second-order valence-corrected chi connectivity index (χ2v) is 4.28. The first kappa shape index (κ1) is 10.2. The van der Waals surface area contributed by atoms with Crippen LogP contribution < -0.4 is 5.73 Å². The van der Waals surface area contributed by atoms with Crippen molar-refractivity contribution in [2.75, 3.05) is 0 Å². The van der Waals surface area contributed by atoms with Gasteiger partial charge in [-0.25, -0.2) is 4.98 Å². The van der Waals surface area contributed by atoms with Crippen LogP contribution >= 0.6 is 0 Å². The molecule has 0 spiro atoms. The van der Waals surface area contributed by atoms with Gasteiger partial charge < -0.3 is 10.1 Å². The maximum absolute atomic E-state index is 6.19. The van der Waals surface area contributed by atoms with Gasteiger partial charge in [-0.2, -0.15) is 0 Å². The molecule has 80 valence electrons. The van der Waals surface area contributed by atoms with Crippen molar-refractivity contribution in [3.8, 4) is 0 Å². The smallest absolute Gasteiger partial charge is 0.137 e. The lowest BCUT2D eigenvalue weighted by atomic mass is 10.0. The summed E-state index contributed by atoms with van der Waals surface area (Å²) < 4.78 is 2.08. The summed E-state index contributed by atoms with van der Waals surface area (Å²) in [6.45, 7) is 6.28. The number of hydrogen-bond acceptors (Lipinski definition) is 2. The zero-order chi connectivity index (χ0) is 11.0. The summed E-state index contributed by atoms with van der Waals surface area (Å²) in [7, 11) is 0. The third-order valence-electron chi connectivity index (χ3n) is 2.78. The van der Waals surface area contributed by atoms with Gasteiger partial charge in [-0.05, 0) is 25.0 Å². The van der Waals surface area contributed by atoms with Crippen LogP contribution in [0.15, 0.2) is 24.4 Å². The molecule has 0 fully saturated rings. The normalized spacial score (nSPS) is 13.7. The number of nitrogens with zero attached hydrogens (tertiary/aromatic N) is 2. The molecule has 2 N–H and O–H groups in total. The number of pyridine rings is 1. The summed E-state index contributed by atoms with van der Waals surface area (Å²) in [5, 5.41) is 0. The lowest BCUT2D eigenvalue weighted by Crippen LogP contribution is -2.19. The van der Waals surface area contributed by atoms with Crippen LogP contribution in [0.2, 0.25) is 0 Å². The summed E-state index contributed by atoms with van der Waals surface area (Å²) >= 11 is 0. The van der Waals surface area contributed by atoms with Gasteiger partial charge in [-0.15, -0.1) is 0 Å². The molecule has 2 aromatic rings. The molecule has 1 unspecified atom stereocenters. The fraction of sp³-hybridized carbons (Fsp3) is 0.417. The van der Waals surface area contributed by atoms with Gasteiger partial charge in [0.2, 0.25) is 0 Å². The van der Waals surface area contributed by atoms with E-state index in [4.69, 9.17) is 5.73 Å². The van der Waals surface area contributed by atoms with E-state index < -0.39 is 0 Å². The predicted octanol–water partition coefficient (Wildman–Crippen LogP) is 2.30. The standard InChI is InChI=1S/C12H17N3/c1-8(2)11(13)12-9(3)14-10-6-4-5-7-15(10)12/h4-8,11H,13H2,1-3H3. The number of hydrogen-bond donors (Lipinski definition) is 1. The molecule has 2 rings (SSSR count). The van der Waals surface area contributed by atoms with Crippen molar-refractivity contribution >= 4 is 5.65 Å². The second-order valence-electron chi connectivity index (χ2n) is 4.28. The maximum atomic E-state index is 6.19. The zero-order valence-electron chi connectivity index (χ0n) is 9.44. The van der Waals surface area contributed by atoms with Crippen LogP contribution in [0.3, 0.4) is 0 Å². The van der Waals surface area contributed by atoms with Gasteiger partial charge in [0.25, 0.3) is 0 Å². The van der Waals surface area contributed by atoms with Crippen molar-refractivity contribution < 1.29 is 0 Å². The van der Waals surface area contributed by atoms with E-state index in [2.05, 4.69) is 23.2 Å². The van der Waals surface area contributed by atoms with Crippen molar-refractivity contribution in [3.05, 3.63) is 35.8 Å². The molecule has 0 bridgehead atoms. The van der Waals surface area contributed by atoms with Gasteiger partial charge >= 0.3 is 0 Å². The Balaban J connectivity index is 2.63. The highest BCUT2D eigenvalue weighted by Gasteiger charge is 2.18. The largest absolute Gasteiger partial charge is 0.322 e. The zero-order valence-corrected chi connectivity index (χ0v) is 9.44. The van der Waals surface area contributed by atoms with Crippen molar-refractivity contribution in [1.29, 1.82) is 0 Å². The summed E-state index contributed by atoms with van der Waals surface area (Å²) in [6.07, 6.45) is 2.02. The average Bonchev–Trinajstić information content (AvgIpc) is 2.52. The number of aryl methyl sites for hydroxylation is 1. The van der Waals surface area contributed by atoms with E-state index in [-0.39, 0.29) is 6.04 Å². The van der Waals surface area contributed by atoms with Crippen LogP contribution in [0.5, 0.6) is 0 Å². The Hall–Kier alpha value is -1.35. The molecule has 0 radical (unpaired) electrons. The minimum atomic E-state index is 0.0439. The summed E-state index contributed by atoms with van der Waals surface area (Å²) in [4.78, 5) is 4.50. The van der Waals surface area contributed by atoms with Crippen molar-refractivity contribution in [1.82, 2.24) is 9.38 Å². The van der Waals surface area contributed by atoms with E-state index in [1.54, 1.807) is 0 Å². The molecule has 3 heteroatoms. The Labute approximate surface area is 89.9 Å².